The average Bonchev–Trinajstić information content (AvgIpc) is 3.43. The Kier molecular flexibility index (Phi) is 10.5. The number of benzene rings is 11. The molecule has 0 N–H and O–H groups in total. The van der Waals surface area contributed by atoms with Crippen LogP contribution in [-0.2, 0) is 10.8 Å². The highest BCUT2D eigenvalue weighted by Gasteiger charge is 2.45. The number of rotatable bonds is 6. The predicted molar refractivity (Wildman–Crippen MR) is 315 cm³/mol. The third-order valence-electron chi connectivity index (χ3n) is 15.5. The van der Waals surface area contributed by atoms with E-state index in [1.54, 1.807) is 0 Å². The quantitative estimate of drug-likeness (QED) is 0.153. The zero-order valence-electron chi connectivity index (χ0n) is 42.5. The Morgan fingerprint density at radius 1 is 0.315 bits per heavy atom. The fourth-order valence-corrected chi connectivity index (χ4v) is 12.0. The lowest BCUT2D eigenvalue weighted by atomic mass is 9.33. The van der Waals surface area contributed by atoms with Crippen molar-refractivity contribution in [2.45, 2.75) is 52.4 Å². The molecular formula is C70H57BN2. The Labute approximate surface area is 431 Å². The third-order valence-corrected chi connectivity index (χ3v) is 15.5. The van der Waals surface area contributed by atoms with Gasteiger partial charge in [0, 0.05) is 44.9 Å². The van der Waals surface area contributed by atoms with E-state index in [-0.39, 0.29) is 17.5 Å². The zero-order chi connectivity index (χ0) is 49.6. The average molecular weight is 937 g/mol. The Morgan fingerprint density at radius 3 is 1.07 bits per heavy atom. The lowest BCUT2D eigenvalue weighted by Crippen LogP contribution is -2.61. The van der Waals surface area contributed by atoms with Crippen LogP contribution in [0.2, 0.25) is 0 Å². The van der Waals surface area contributed by atoms with Crippen LogP contribution in [0, 0.1) is 0 Å². The third kappa shape index (κ3) is 7.48. The summed E-state index contributed by atoms with van der Waals surface area (Å²) in [6.07, 6.45) is 0. The lowest BCUT2D eigenvalue weighted by molar-refractivity contribution is 0.572. The van der Waals surface area contributed by atoms with Crippen LogP contribution in [-0.4, -0.2) is 6.71 Å². The summed E-state index contributed by atoms with van der Waals surface area (Å²) >= 11 is 0. The zero-order valence-corrected chi connectivity index (χ0v) is 42.5. The second-order valence-corrected chi connectivity index (χ2v) is 22.1. The predicted octanol–water partition coefficient (Wildman–Crippen LogP) is 17.3. The van der Waals surface area contributed by atoms with E-state index in [1.807, 2.05) is 0 Å². The van der Waals surface area contributed by atoms with E-state index in [9.17, 15) is 0 Å². The van der Waals surface area contributed by atoms with Crippen LogP contribution in [0.5, 0.6) is 0 Å². The van der Waals surface area contributed by atoms with E-state index in [2.05, 4.69) is 288 Å². The van der Waals surface area contributed by atoms with Gasteiger partial charge in [-0.3, -0.25) is 0 Å². The van der Waals surface area contributed by atoms with Gasteiger partial charge in [-0.2, -0.15) is 0 Å². The van der Waals surface area contributed by atoms with Gasteiger partial charge >= 0.3 is 0 Å². The summed E-state index contributed by atoms with van der Waals surface area (Å²) < 4.78 is 0. The van der Waals surface area contributed by atoms with Crippen LogP contribution in [0.25, 0.3) is 66.1 Å². The minimum Gasteiger partial charge on any atom is -0.311 e. The summed E-state index contributed by atoms with van der Waals surface area (Å²) in [5.41, 5.74) is 23.1. The van der Waals surface area contributed by atoms with Gasteiger partial charge in [-0.25, -0.2) is 0 Å². The molecule has 11 aromatic rings. The van der Waals surface area contributed by atoms with Gasteiger partial charge in [0.05, 0.1) is 0 Å². The molecule has 0 fully saturated rings. The van der Waals surface area contributed by atoms with Crippen molar-refractivity contribution in [1.82, 2.24) is 0 Å². The molecule has 0 radical (unpaired) electrons. The second-order valence-electron chi connectivity index (χ2n) is 22.1. The Morgan fingerprint density at radius 2 is 0.671 bits per heavy atom. The van der Waals surface area contributed by atoms with Crippen molar-refractivity contribution < 1.29 is 0 Å². The molecule has 0 aromatic heterocycles. The lowest BCUT2D eigenvalue weighted by Gasteiger charge is -2.45. The van der Waals surface area contributed by atoms with Gasteiger partial charge < -0.3 is 9.80 Å². The number of hydrogen-bond acceptors (Lipinski definition) is 2. The van der Waals surface area contributed by atoms with Gasteiger partial charge in [-0.05, 0) is 142 Å². The van der Waals surface area contributed by atoms with Gasteiger partial charge in [-0.1, -0.05) is 230 Å². The topological polar surface area (TPSA) is 6.48 Å². The highest BCUT2D eigenvalue weighted by Crippen LogP contribution is 2.52. The minimum absolute atomic E-state index is 0.0532. The highest BCUT2D eigenvalue weighted by molar-refractivity contribution is 7.00. The van der Waals surface area contributed by atoms with E-state index in [0.29, 0.717) is 0 Å². The molecule has 3 heteroatoms. The molecule has 0 aliphatic carbocycles. The van der Waals surface area contributed by atoms with Crippen LogP contribution in [0.1, 0.15) is 52.7 Å². The molecule has 0 bridgehead atoms. The molecule has 2 aliphatic heterocycles. The molecule has 13 rings (SSSR count). The summed E-state index contributed by atoms with van der Waals surface area (Å²) in [7, 11) is 0. The molecule has 2 aliphatic rings. The van der Waals surface area contributed by atoms with Crippen LogP contribution in [0.15, 0.2) is 237 Å². The van der Waals surface area contributed by atoms with E-state index in [4.69, 9.17) is 0 Å². The van der Waals surface area contributed by atoms with Gasteiger partial charge in [0.1, 0.15) is 0 Å². The van der Waals surface area contributed by atoms with Crippen LogP contribution in [0.3, 0.4) is 0 Å². The Hall–Kier alpha value is -8.40. The van der Waals surface area contributed by atoms with Gasteiger partial charge in [0.15, 0.2) is 0 Å². The molecule has 0 saturated heterocycles. The van der Waals surface area contributed by atoms with Gasteiger partial charge in [-0.15, -0.1) is 0 Å². The van der Waals surface area contributed by atoms with Crippen molar-refractivity contribution in [3.63, 3.8) is 0 Å². The van der Waals surface area contributed by atoms with Crippen molar-refractivity contribution in [1.29, 1.82) is 0 Å². The molecule has 350 valence electrons. The van der Waals surface area contributed by atoms with Gasteiger partial charge in [0.25, 0.3) is 6.71 Å². The molecule has 0 atom stereocenters. The Bertz CT molecular complexity index is 3670. The minimum atomic E-state index is -0.193. The van der Waals surface area contributed by atoms with Crippen LogP contribution >= 0.6 is 0 Å². The molecule has 11 aromatic carbocycles. The first-order valence-electron chi connectivity index (χ1n) is 25.9. The second kappa shape index (κ2) is 17.1. The molecular weight excluding hydrogens is 880 g/mol. The van der Waals surface area contributed by atoms with Gasteiger partial charge in [0.2, 0.25) is 0 Å². The summed E-state index contributed by atoms with van der Waals surface area (Å²) in [6, 6.07) is 88.6. The smallest absolute Gasteiger partial charge is 0.252 e. The maximum absolute atomic E-state index is 2.61. The van der Waals surface area contributed by atoms with Crippen molar-refractivity contribution in [2.24, 2.45) is 0 Å². The van der Waals surface area contributed by atoms with Crippen LogP contribution in [0.4, 0.5) is 34.1 Å². The first kappa shape index (κ1) is 44.5. The molecule has 0 spiro atoms. The van der Waals surface area contributed by atoms with E-state index >= 15 is 0 Å². The molecule has 0 saturated carbocycles. The fraction of sp³-hybridized carbons (Fsp3) is 0.114. The molecule has 0 unspecified atom stereocenters. The van der Waals surface area contributed by atoms with Crippen molar-refractivity contribution in [3.8, 4) is 44.5 Å². The summed E-state index contributed by atoms with van der Waals surface area (Å²) in [4.78, 5) is 5.22. The fourth-order valence-electron chi connectivity index (χ4n) is 12.0. The van der Waals surface area contributed by atoms with Crippen molar-refractivity contribution >= 4 is 78.8 Å². The molecule has 2 heterocycles. The number of nitrogens with zero attached hydrogens (tertiary/aromatic N) is 2. The first-order valence-corrected chi connectivity index (χ1v) is 25.9. The Balaban J connectivity index is 1.18. The maximum Gasteiger partial charge on any atom is 0.252 e. The normalized spacial score (nSPS) is 13.0. The van der Waals surface area contributed by atoms with Crippen LogP contribution < -0.4 is 26.2 Å². The molecule has 73 heavy (non-hydrogen) atoms. The maximum atomic E-state index is 2.61. The summed E-state index contributed by atoms with van der Waals surface area (Å²) in [5.74, 6) is 0. The molecule has 2 nitrogen and oxygen atoms in total. The SMILES string of the molecule is CC(C)(C)c1cc(-c2ccccc2)cc(C(C)(C)C)c1-c1cc2c3c(c1)N(c1ccc(-c4ccccc4)cc1)c1c(ccc4ccccc14)B3c1ccc3ccccc3c1N2c1ccc(-c2ccccc2)cc1. The summed E-state index contributed by atoms with van der Waals surface area (Å²) in [6.45, 7) is 14.3. The standard InChI is InChI=1S/C70H57BN2/c1-69(2,3)59-42-53(48-24-14-9-15-25-48)43-60(70(4,5)6)65(59)54-44-63-66-64(45-54)73(56-38-32-50(33-39-56)47-22-12-8-13-23-47)68-58-29-19-17-27-52(58)35-41-62(68)71(66)61-40-34-51-26-16-18-28-57(51)67(61)72(63)55-36-30-49(31-37-55)46-20-10-7-11-21-46/h7-45H,1-6H3. The van der Waals surface area contributed by atoms with E-state index in [0.717, 1.165) is 11.4 Å². The largest absolute Gasteiger partial charge is 0.311 e. The number of hydrogen-bond donors (Lipinski definition) is 0. The monoisotopic (exact) mass is 936 g/mol. The number of anilines is 6. The number of fused-ring (bicyclic) bond motifs is 8. The van der Waals surface area contributed by atoms with E-state index in [1.165, 1.54) is 116 Å². The van der Waals surface area contributed by atoms with Crippen molar-refractivity contribution in [3.05, 3.63) is 248 Å². The van der Waals surface area contributed by atoms with E-state index < -0.39 is 0 Å². The van der Waals surface area contributed by atoms with Crippen molar-refractivity contribution in [2.75, 3.05) is 9.80 Å². The summed E-state index contributed by atoms with van der Waals surface area (Å²) in [5, 5.41) is 4.93. The first-order chi connectivity index (χ1) is 35.5. The highest BCUT2D eigenvalue weighted by atomic mass is 15.2. The molecule has 0 amide bonds.